The molecule has 0 fully saturated rings. The summed E-state index contributed by atoms with van der Waals surface area (Å²) in [7, 11) is 1.28. The lowest BCUT2D eigenvalue weighted by molar-refractivity contribution is -0.146. The van der Waals surface area contributed by atoms with Crippen molar-refractivity contribution in [2.45, 2.75) is 12.5 Å². The Hall–Kier alpha value is -1.84. The molecular weight excluding hydrogens is 194 g/mol. The highest BCUT2D eigenvalue weighted by atomic mass is 16.5. The zero-order valence-corrected chi connectivity index (χ0v) is 8.32. The third kappa shape index (κ3) is 1.58. The van der Waals surface area contributed by atoms with Gasteiger partial charge in [0.2, 0.25) is 5.91 Å². The quantitative estimate of drug-likeness (QED) is 0.538. The molecule has 1 N–H and O–H groups in total. The maximum atomic E-state index is 11.5. The number of hydrogen-bond acceptors (Lipinski definition) is 3. The largest absolute Gasteiger partial charge is 0.468 e. The number of nitrogens with one attached hydrogen (secondary N) is 1. The molecule has 2 rings (SSSR count). The molecule has 0 aliphatic carbocycles. The molecule has 0 radical (unpaired) electrons. The number of benzene rings is 1. The summed E-state index contributed by atoms with van der Waals surface area (Å²) < 4.78 is 4.62. The van der Waals surface area contributed by atoms with Crippen molar-refractivity contribution in [3.05, 3.63) is 35.4 Å². The van der Waals surface area contributed by atoms with Crippen molar-refractivity contribution in [2.75, 3.05) is 7.11 Å². The van der Waals surface area contributed by atoms with Crippen LogP contribution in [0.4, 0.5) is 0 Å². The summed E-state index contributed by atoms with van der Waals surface area (Å²) in [4.78, 5) is 23.0. The maximum absolute atomic E-state index is 11.5. The molecule has 1 unspecified atom stereocenters. The summed E-state index contributed by atoms with van der Waals surface area (Å²) in [6, 6.07) is 7.37. The number of methoxy groups -OCH3 is 1. The van der Waals surface area contributed by atoms with Gasteiger partial charge in [0, 0.05) is 6.54 Å². The van der Waals surface area contributed by atoms with E-state index in [4.69, 9.17) is 0 Å². The molecule has 1 heterocycles. The highest BCUT2D eigenvalue weighted by Gasteiger charge is 2.34. The van der Waals surface area contributed by atoms with Gasteiger partial charge in [-0.2, -0.15) is 0 Å². The van der Waals surface area contributed by atoms with Crippen molar-refractivity contribution in [1.82, 2.24) is 5.32 Å². The number of hydrogen-bond donors (Lipinski definition) is 1. The summed E-state index contributed by atoms with van der Waals surface area (Å²) in [5.41, 5.74) is 1.71. The van der Waals surface area contributed by atoms with E-state index in [0.717, 1.165) is 11.1 Å². The molecule has 0 spiro atoms. The normalized spacial score (nSPS) is 19.0. The predicted molar refractivity (Wildman–Crippen MR) is 53.0 cm³/mol. The van der Waals surface area contributed by atoms with E-state index in [2.05, 4.69) is 10.1 Å². The topological polar surface area (TPSA) is 55.4 Å². The Morgan fingerprint density at radius 2 is 2.20 bits per heavy atom. The number of carbonyl (C=O) groups excluding carboxylic acids is 2. The number of ether oxygens (including phenoxy) is 1. The van der Waals surface area contributed by atoms with Gasteiger partial charge in [0.1, 0.15) is 0 Å². The Morgan fingerprint density at radius 1 is 1.47 bits per heavy atom. The van der Waals surface area contributed by atoms with E-state index in [1.54, 1.807) is 6.07 Å². The SMILES string of the molecule is COC(=O)C1C(=O)NCc2ccccc21. The first-order valence-corrected chi connectivity index (χ1v) is 4.67. The molecule has 0 aromatic heterocycles. The van der Waals surface area contributed by atoms with E-state index in [9.17, 15) is 9.59 Å². The average molecular weight is 205 g/mol. The monoisotopic (exact) mass is 205 g/mol. The Labute approximate surface area is 87.2 Å². The van der Waals surface area contributed by atoms with Crippen LogP contribution in [-0.2, 0) is 20.9 Å². The first-order chi connectivity index (χ1) is 7.24. The predicted octanol–water partition coefficient (Wildman–Crippen LogP) is 0.573. The van der Waals surface area contributed by atoms with Crippen molar-refractivity contribution in [2.24, 2.45) is 0 Å². The van der Waals surface area contributed by atoms with E-state index < -0.39 is 11.9 Å². The van der Waals surface area contributed by atoms with Crippen LogP contribution in [-0.4, -0.2) is 19.0 Å². The number of amides is 1. The van der Waals surface area contributed by atoms with Crippen molar-refractivity contribution in [3.63, 3.8) is 0 Å². The number of rotatable bonds is 1. The standard InChI is InChI=1S/C11H11NO3/c1-15-11(14)9-8-5-3-2-4-7(8)6-12-10(9)13/h2-5,9H,6H2,1H3,(H,12,13). The molecular formula is C11H11NO3. The van der Waals surface area contributed by atoms with E-state index in [1.165, 1.54) is 7.11 Å². The molecule has 1 aromatic carbocycles. The minimum absolute atomic E-state index is 0.291. The molecule has 1 amide bonds. The summed E-state index contributed by atoms with van der Waals surface area (Å²) in [6.45, 7) is 0.475. The van der Waals surface area contributed by atoms with Crippen LogP contribution in [0.5, 0.6) is 0 Å². The molecule has 4 heteroatoms. The van der Waals surface area contributed by atoms with Crippen LogP contribution in [0.3, 0.4) is 0 Å². The van der Waals surface area contributed by atoms with Crippen molar-refractivity contribution >= 4 is 11.9 Å². The van der Waals surface area contributed by atoms with Crippen LogP contribution in [0.1, 0.15) is 17.0 Å². The Balaban J connectivity index is 2.46. The molecule has 0 bridgehead atoms. The molecule has 1 atom stereocenters. The molecule has 1 aliphatic rings. The summed E-state index contributed by atoms with van der Waals surface area (Å²) in [5.74, 6) is -1.62. The second-order valence-corrected chi connectivity index (χ2v) is 3.37. The first-order valence-electron chi connectivity index (χ1n) is 4.67. The lowest BCUT2D eigenvalue weighted by Gasteiger charge is -2.23. The van der Waals surface area contributed by atoms with Gasteiger partial charge >= 0.3 is 5.97 Å². The van der Waals surface area contributed by atoms with Crippen LogP contribution < -0.4 is 5.32 Å². The minimum atomic E-state index is -0.819. The van der Waals surface area contributed by atoms with Gasteiger partial charge < -0.3 is 10.1 Å². The third-order valence-corrected chi connectivity index (χ3v) is 2.52. The fraction of sp³-hybridized carbons (Fsp3) is 0.273. The second kappa shape index (κ2) is 3.73. The molecule has 15 heavy (non-hydrogen) atoms. The van der Waals surface area contributed by atoms with Gasteiger partial charge in [-0.25, -0.2) is 0 Å². The second-order valence-electron chi connectivity index (χ2n) is 3.37. The maximum Gasteiger partial charge on any atom is 0.322 e. The molecule has 0 saturated heterocycles. The summed E-state index contributed by atoms with van der Waals surface area (Å²) >= 11 is 0. The average Bonchev–Trinajstić information content (AvgIpc) is 2.28. The fourth-order valence-corrected chi connectivity index (χ4v) is 1.75. The summed E-state index contributed by atoms with van der Waals surface area (Å²) in [6.07, 6.45) is 0. The lowest BCUT2D eigenvalue weighted by atomic mass is 9.90. The summed E-state index contributed by atoms with van der Waals surface area (Å²) in [5, 5.41) is 2.66. The van der Waals surface area contributed by atoms with Gasteiger partial charge in [0.15, 0.2) is 5.92 Å². The smallest absolute Gasteiger partial charge is 0.322 e. The Morgan fingerprint density at radius 3 is 2.93 bits per heavy atom. The molecule has 1 aromatic rings. The van der Waals surface area contributed by atoms with Gasteiger partial charge in [-0.15, -0.1) is 0 Å². The van der Waals surface area contributed by atoms with E-state index >= 15 is 0 Å². The van der Waals surface area contributed by atoms with E-state index in [-0.39, 0.29) is 5.91 Å². The van der Waals surface area contributed by atoms with Gasteiger partial charge in [0.25, 0.3) is 0 Å². The first kappa shape index (κ1) is 9.71. The zero-order valence-electron chi connectivity index (χ0n) is 8.32. The van der Waals surface area contributed by atoms with Gasteiger partial charge in [-0.1, -0.05) is 24.3 Å². The minimum Gasteiger partial charge on any atom is -0.468 e. The van der Waals surface area contributed by atoms with Gasteiger partial charge in [0.05, 0.1) is 7.11 Å². The Bertz CT molecular complexity index is 414. The lowest BCUT2D eigenvalue weighted by Crippen LogP contribution is -2.38. The highest BCUT2D eigenvalue weighted by molar-refractivity contribution is 6.04. The fourth-order valence-electron chi connectivity index (χ4n) is 1.75. The molecule has 78 valence electrons. The van der Waals surface area contributed by atoms with Crippen molar-refractivity contribution in [1.29, 1.82) is 0 Å². The molecule has 4 nitrogen and oxygen atoms in total. The van der Waals surface area contributed by atoms with Crippen LogP contribution in [0.2, 0.25) is 0 Å². The van der Waals surface area contributed by atoms with Gasteiger partial charge in [-0.3, -0.25) is 9.59 Å². The highest BCUT2D eigenvalue weighted by Crippen LogP contribution is 2.25. The zero-order chi connectivity index (χ0) is 10.8. The van der Waals surface area contributed by atoms with Crippen LogP contribution in [0.15, 0.2) is 24.3 Å². The molecule has 0 saturated carbocycles. The van der Waals surface area contributed by atoms with Crippen LogP contribution in [0, 0.1) is 0 Å². The molecule has 1 aliphatic heterocycles. The van der Waals surface area contributed by atoms with E-state index in [0.29, 0.717) is 6.54 Å². The van der Waals surface area contributed by atoms with Crippen molar-refractivity contribution in [3.8, 4) is 0 Å². The van der Waals surface area contributed by atoms with Gasteiger partial charge in [-0.05, 0) is 11.1 Å². The number of carbonyl (C=O) groups is 2. The van der Waals surface area contributed by atoms with Crippen molar-refractivity contribution < 1.29 is 14.3 Å². The number of esters is 1. The van der Waals surface area contributed by atoms with Crippen LogP contribution in [0.25, 0.3) is 0 Å². The third-order valence-electron chi connectivity index (χ3n) is 2.52. The number of fused-ring (bicyclic) bond motifs is 1. The van der Waals surface area contributed by atoms with Crippen LogP contribution >= 0.6 is 0 Å². The van der Waals surface area contributed by atoms with E-state index in [1.807, 2.05) is 18.2 Å². The Kier molecular flexibility index (Phi) is 2.41.